The summed E-state index contributed by atoms with van der Waals surface area (Å²) in [5, 5.41) is 2.20. The average molecular weight is 374 g/mol. The molecule has 0 spiro atoms. The molecule has 0 saturated carbocycles. The van der Waals surface area contributed by atoms with Gasteiger partial charge < -0.3 is 4.42 Å². The van der Waals surface area contributed by atoms with Gasteiger partial charge in [0.2, 0.25) is 11.4 Å². The van der Waals surface area contributed by atoms with E-state index in [0.29, 0.717) is 5.92 Å². The van der Waals surface area contributed by atoms with E-state index in [1.54, 1.807) is 0 Å². The Morgan fingerprint density at radius 3 is 2.43 bits per heavy atom. The number of aromatic nitrogens is 2. The highest BCUT2D eigenvalue weighted by Gasteiger charge is 2.25. The Bertz CT molecular complexity index is 1190. The third-order valence-electron chi connectivity index (χ3n) is 6.04. The lowest BCUT2D eigenvalue weighted by molar-refractivity contribution is -0.660. The van der Waals surface area contributed by atoms with E-state index in [1.165, 1.54) is 11.1 Å². The summed E-state index contributed by atoms with van der Waals surface area (Å²) < 4.78 is 8.55. The predicted molar refractivity (Wildman–Crippen MR) is 115 cm³/mol. The Hall–Kier alpha value is -2.68. The molecule has 144 valence electrons. The minimum Gasteiger partial charge on any atom is -0.437 e. The zero-order chi connectivity index (χ0) is 20.2. The van der Waals surface area contributed by atoms with E-state index in [9.17, 15) is 0 Å². The van der Waals surface area contributed by atoms with Crippen LogP contribution in [-0.4, -0.2) is 4.98 Å². The summed E-state index contributed by atoms with van der Waals surface area (Å²) in [6.45, 7) is 13.3. The van der Waals surface area contributed by atoms with Crippen LogP contribution in [0.2, 0.25) is 0 Å². The van der Waals surface area contributed by atoms with Crippen LogP contribution in [-0.2, 0) is 7.05 Å². The quantitative estimate of drug-likeness (QED) is 0.389. The van der Waals surface area contributed by atoms with Gasteiger partial charge in [0.05, 0.1) is 5.56 Å². The lowest BCUT2D eigenvalue weighted by atomic mass is 9.80. The first-order chi connectivity index (χ1) is 13.2. The topological polar surface area (TPSA) is 29.9 Å². The van der Waals surface area contributed by atoms with Crippen LogP contribution < -0.4 is 4.57 Å². The summed E-state index contributed by atoms with van der Waals surface area (Å²) in [7, 11) is 2.08. The molecule has 0 fully saturated rings. The second kappa shape index (κ2) is 6.44. The number of hydrogen-bond donors (Lipinski definition) is 0. The van der Waals surface area contributed by atoms with Crippen LogP contribution in [0.4, 0.5) is 0 Å². The molecule has 3 aromatic heterocycles. The summed E-state index contributed by atoms with van der Waals surface area (Å²) in [5.74, 6) is 0.348. The summed E-state index contributed by atoms with van der Waals surface area (Å²) >= 11 is 0. The minimum absolute atomic E-state index is 0.157. The number of nitrogens with zero attached hydrogens (tertiary/aromatic N) is 2. The van der Waals surface area contributed by atoms with Crippen LogP contribution in [0.5, 0.6) is 0 Å². The third kappa shape index (κ3) is 2.99. The Kier molecular flexibility index (Phi) is 4.29. The number of rotatable bonds is 2. The fourth-order valence-corrected chi connectivity index (χ4v) is 3.76. The van der Waals surface area contributed by atoms with Crippen LogP contribution >= 0.6 is 0 Å². The molecule has 1 atom stereocenters. The normalized spacial score (nSPS) is 13.4. The third-order valence-corrected chi connectivity index (χ3v) is 6.04. The molecule has 0 amide bonds. The fraction of sp³-hybridized carbons (Fsp3) is 0.360. The molecule has 4 rings (SSSR count). The van der Waals surface area contributed by atoms with Crippen LogP contribution in [0.3, 0.4) is 0 Å². The van der Waals surface area contributed by atoms with Gasteiger partial charge in [-0.1, -0.05) is 39.8 Å². The van der Waals surface area contributed by atoms with Crippen molar-refractivity contribution in [2.24, 2.45) is 12.5 Å². The van der Waals surface area contributed by atoms with Crippen LogP contribution in [0.1, 0.15) is 50.4 Å². The maximum atomic E-state index is 6.39. The van der Waals surface area contributed by atoms with Gasteiger partial charge in [-0.05, 0) is 42.5 Å². The monoisotopic (exact) mass is 373 g/mol. The standard InChI is InChI=1S/C25H29N2O/c1-15-12-13-27(7)21(14-15)22-16(2)8-9-18-19-10-11-20(17(3)25(4,5)6)26-24(19)28-23(18)22/h8-14,17H,1-7H3/q+1. The number of pyridine rings is 2. The van der Waals surface area contributed by atoms with Crippen molar-refractivity contribution in [2.75, 3.05) is 0 Å². The van der Waals surface area contributed by atoms with E-state index in [1.807, 2.05) is 0 Å². The van der Waals surface area contributed by atoms with Gasteiger partial charge >= 0.3 is 0 Å². The maximum absolute atomic E-state index is 6.39. The molecule has 1 aromatic carbocycles. The molecule has 0 aliphatic heterocycles. The zero-order valence-corrected chi connectivity index (χ0v) is 17.9. The van der Waals surface area contributed by atoms with E-state index in [0.717, 1.165) is 39.0 Å². The van der Waals surface area contributed by atoms with Gasteiger partial charge in [-0.2, -0.15) is 0 Å². The van der Waals surface area contributed by atoms with Crippen molar-refractivity contribution in [3.05, 3.63) is 59.4 Å². The SMILES string of the molecule is Cc1cc[n+](C)c(-c2c(C)ccc3c2oc2nc(C(C)C(C)(C)C)ccc23)c1. The van der Waals surface area contributed by atoms with Crippen molar-refractivity contribution in [3.63, 3.8) is 0 Å². The molecule has 3 nitrogen and oxygen atoms in total. The Morgan fingerprint density at radius 2 is 1.71 bits per heavy atom. The van der Waals surface area contributed by atoms with E-state index in [-0.39, 0.29) is 5.41 Å². The highest BCUT2D eigenvalue weighted by molar-refractivity contribution is 6.08. The van der Waals surface area contributed by atoms with Gasteiger partial charge in [-0.15, -0.1) is 0 Å². The number of hydrogen-bond acceptors (Lipinski definition) is 2. The predicted octanol–water partition coefficient (Wildman–Crippen LogP) is 6.24. The Balaban J connectivity index is 2.00. The molecule has 0 bridgehead atoms. The Labute approximate surface area is 167 Å². The molecule has 0 N–H and O–H groups in total. The van der Waals surface area contributed by atoms with Gasteiger partial charge in [-0.25, -0.2) is 9.55 Å². The first-order valence-corrected chi connectivity index (χ1v) is 9.96. The first-order valence-electron chi connectivity index (χ1n) is 9.96. The summed E-state index contributed by atoms with van der Waals surface area (Å²) in [5.41, 5.74) is 7.63. The molecular formula is C25H29N2O+. The smallest absolute Gasteiger partial charge is 0.227 e. The van der Waals surface area contributed by atoms with Crippen molar-refractivity contribution >= 4 is 22.1 Å². The van der Waals surface area contributed by atoms with Crippen LogP contribution in [0, 0.1) is 19.3 Å². The first kappa shape index (κ1) is 18.7. The molecule has 0 aliphatic carbocycles. The molecule has 1 unspecified atom stereocenters. The van der Waals surface area contributed by atoms with Gasteiger partial charge in [0.1, 0.15) is 7.05 Å². The fourth-order valence-electron chi connectivity index (χ4n) is 3.76. The van der Waals surface area contributed by atoms with E-state index in [2.05, 4.69) is 95.8 Å². The minimum atomic E-state index is 0.157. The molecule has 0 radical (unpaired) electrons. The molecule has 3 heterocycles. The molecule has 28 heavy (non-hydrogen) atoms. The van der Waals surface area contributed by atoms with Crippen molar-refractivity contribution < 1.29 is 8.98 Å². The zero-order valence-electron chi connectivity index (χ0n) is 17.9. The number of furan rings is 1. The molecule has 0 saturated heterocycles. The van der Waals surface area contributed by atoms with E-state index < -0.39 is 0 Å². The number of aryl methyl sites for hydroxylation is 3. The number of fused-ring (bicyclic) bond motifs is 3. The second-order valence-electron chi connectivity index (χ2n) is 9.11. The lowest BCUT2D eigenvalue weighted by Gasteiger charge is -2.26. The van der Waals surface area contributed by atoms with Crippen LogP contribution in [0.25, 0.3) is 33.3 Å². The van der Waals surface area contributed by atoms with Gasteiger partial charge in [0.15, 0.2) is 11.8 Å². The molecule has 3 heteroatoms. The molecule has 0 aliphatic rings. The largest absolute Gasteiger partial charge is 0.437 e. The van der Waals surface area contributed by atoms with Crippen molar-refractivity contribution in [1.82, 2.24) is 4.98 Å². The lowest BCUT2D eigenvalue weighted by Crippen LogP contribution is -2.30. The molecular weight excluding hydrogens is 344 g/mol. The van der Waals surface area contributed by atoms with E-state index >= 15 is 0 Å². The van der Waals surface area contributed by atoms with Crippen molar-refractivity contribution in [1.29, 1.82) is 0 Å². The highest BCUT2D eigenvalue weighted by atomic mass is 16.3. The maximum Gasteiger partial charge on any atom is 0.227 e. The second-order valence-corrected chi connectivity index (χ2v) is 9.11. The average Bonchev–Trinajstić information content (AvgIpc) is 3.00. The van der Waals surface area contributed by atoms with Crippen molar-refractivity contribution in [2.45, 2.75) is 47.5 Å². The molecule has 4 aromatic rings. The van der Waals surface area contributed by atoms with Gasteiger partial charge in [0, 0.05) is 34.5 Å². The summed E-state index contributed by atoms with van der Waals surface area (Å²) in [6.07, 6.45) is 2.10. The van der Waals surface area contributed by atoms with E-state index in [4.69, 9.17) is 9.40 Å². The van der Waals surface area contributed by atoms with Crippen LogP contribution in [0.15, 0.2) is 47.0 Å². The number of benzene rings is 1. The summed E-state index contributed by atoms with van der Waals surface area (Å²) in [6, 6.07) is 13.0. The van der Waals surface area contributed by atoms with Gasteiger partial charge in [0.25, 0.3) is 0 Å². The summed E-state index contributed by atoms with van der Waals surface area (Å²) in [4.78, 5) is 4.91. The Morgan fingerprint density at radius 1 is 1.00 bits per heavy atom. The highest BCUT2D eigenvalue weighted by Crippen LogP contribution is 2.38. The van der Waals surface area contributed by atoms with Gasteiger partial charge in [-0.3, -0.25) is 0 Å². The van der Waals surface area contributed by atoms with Crippen molar-refractivity contribution in [3.8, 4) is 11.3 Å².